The van der Waals surface area contributed by atoms with E-state index in [1.54, 1.807) is 0 Å². The average Bonchev–Trinajstić information content (AvgIpc) is 2.59. The van der Waals surface area contributed by atoms with E-state index in [0.29, 0.717) is 5.92 Å². The molecular formula is C13H23N. The SMILES string of the molecule is CCCCCCC(C)c1ccc(C)[nH]1. The first kappa shape index (κ1) is 11.4. The van der Waals surface area contributed by atoms with Crippen LogP contribution >= 0.6 is 0 Å². The summed E-state index contributed by atoms with van der Waals surface area (Å²) in [6.45, 7) is 6.70. The van der Waals surface area contributed by atoms with Crippen molar-refractivity contribution in [1.82, 2.24) is 4.98 Å². The second-order valence-electron chi connectivity index (χ2n) is 4.35. The van der Waals surface area contributed by atoms with Crippen LogP contribution in [0.1, 0.15) is 63.3 Å². The molecule has 0 aliphatic carbocycles. The van der Waals surface area contributed by atoms with E-state index in [9.17, 15) is 0 Å². The summed E-state index contributed by atoms with van der Waals surface area (Å²) in [7, 11) is 0. The molecule has 0 bridgehead atoms. The fraction of sp³-hybridized carbons (Fsp3) is 0.692. The van der Waals surface area contributed by atoms with E-state index < -0.39 is 0 Å². The van der Waals surface area contributed by atoms with Crippen LogP contribution < -0.4 is 0 Å². The maximum absolute atomic E-state index is 3.42. The van der Waals surface area contributed by atoms with Gasteiger partial charge in [0.15, 0.2) is 0 Å². The van der Waals surface area contributed by atoms with Gasteiger partial charge >= 0.3 is 0 Å². The quantitative estimate of drug-likeness (QED) is 0.645. The number of hydrogen-bond acceptors (Lipinski definition) is 0. The topological polar surface area (TPSA) is 15.8 Å². The van der Waals surface area contributed by atoms with Crippen molar-refractivity contribution in [2.24, 2.45) is 0 Å². The molecule has 0 saturated carbocycles. The lowest BCUT2D eigenvalue weighted by Crippen LogP contribution is -1.94. The molecule has 0 aliphatic heterocycles. The third kappa shape index (κ3) is 3.57. The van der Waals surface area contributed by atoms with Crippen molar-refractivity contribution < 1.29 is 0 Å². The number of hydrogen-bond donors (Lipinski definition) is 1. The number of unbranched alkanes of at least 4 members (excludes halogenated alkanes) is 3. The van der Waals surface area contributed by atoms with Gasteiger partial charge in [0.05, 0.1) is 0 Å². The molecule has 80 valence electrons. The number of nitrogens with one attached hydrogen (secondary N) is 1. The van der Waals surface area contributed by atoms with Crippen LogP contribution in [-0.2, 0) is 0 Å². The molecule has 0 spiro atoms. The van der Waals surface area contributed by atoms with E-state index in [-0.39, 0.29) is 0 Å². The van der Waals surface area contributed by atoms with Gasteiger partial charge in [0, 0.05) is 11.4 Å². The predicted molar refractivity (Wildman–Crippen MR) is 62.7 cm³/mol. The fourth-order valence-electron chi connectivity index (χ4n) is 1.85. The van der Waals surface area contributed by atoms with Gasteiger partial charge in [0.1, 0.15) is 0 Å². The standard InChI is InChI=1S/C13H23N/c1-4-5-6-7-8-11(2)13-10-9-12(3)14-13/h9-11,14H,4-8H2,1-3H3. The lowest BCUT2D eigenvalue weighted by molar-refractivity contribution is 0.573. The molecule has 1 aromatic heterocycles. The highest BCUT2D eigenvalue weighted by Gasteiger charge is 2.05. The zero-order chi connectivity index (χ0) is 10.4. The molecule has 0 fully saturated rings. The molecular weight excluding hydrogens is 170 g/mol. The highest BCUT2D eigenvalue weighted by molar-refractivity contribution is 5.14. The van der Waals surface area contributed by atoms with Gasteiger partial charge in [-0.2, -0.15) is 0 Å². The van der Waals surface area contributed by atoms with Crippen molar-refractivity contribution in [2.75, 3.05) is 0 Å². The molecule has 0 radical (unpaired) electrons. The van der Waals surface area contributed by atoms with Crippen LogP contribution in [0, 0.1) is 6.92 Å². The van der Waals surface area contributed by atoms with Gasteiger partial charge < -0.3 is 4.98 Å². The Bertz CT molecular complexity index is 249. The number of H-pyrrole nitrogens is 1. The second-order valence-corrected chi connectivity index (χ2v) is 4.35. The van der Waals surface area contributed by atoms with Crippen LogP contribution in [0.25, 0.3) is 0 Å². The van der Waals surface area contributed by atoms with E-state index in [2.05, 4.69) is 37.9 Å². The van der Waals surface area contributed by atoms with Crippen molar-refractivity contribution in [3.63, 3.8) is 0 Å². The Labute approximate surface area is 87.9 Å². The molecule has 1 heteroatoms. The first-order chi connectivity index (χ1) is 6.74. The molecule has 1 heterocycles. The Balaban J connectivity index is 2.25. The molecule has 0 amide bonds. The number of rotatable bonds is 6. The smallest absolute Gasteiger partial charge is 0.0177 e. The van der Waals surface area contributed by atoms with Gasteiger partial charge in [-0.1, -0.05) is 39.5 Å². The van der Waals surface area contributed by atoms with Crippen LogP contribution in [-0.4, -0.2) is 4.98 Å². The third-order valence-corrected chi connectivity index (χ3v) is 2.88. The normalized spacial score (nSPS) is 13.1. The minimum absolute atomic E-state index is 0.695. The molecule has 1 rings (SSSR count). The van der Waals surface area contributed by atoms with Gasteiger partial charge in [-0.05, 0) is 31.4 Å². The Hall–Kier alpha value is -0.720. The summed E-state index contributed by atoms with van der Waals surface area (Å²) in [5, 5.41) is 0. The van der Waals surface area contributed by atoms with Crippen molar-refractivity contribution in [1.29, 1.82) is 0 Å². The van der Waals surface area contributed by atoms with Gasteiger partial charge in [-0.25, -0.2) is 0 Å². The van der Waals surface area contributed by atoms with Gasteiger partial charge in [0.25, 0.3) is 0 Å². The largest absolute Gasteiger partial charge is 0.362 e. The van der Waals surface area contributed by atoms with Gasteiger partial charge in [-0.3, -0.25) is 0 Å². The number of aryl methyl sites for hydroxylation is 1. The number of aromatic amines is 1. The minimum atomic E-state index is 0.695. The lowest BCUT2D eigenvalue weighted by atomic mass is 10.00. The highest BCUT2D eigenvalue weighted by atomic mass is 14.7. The summed E-state index contributed by atoms with van der Waals surface area (Å²) in [6.07, 6.45) is 6.79. The summed E-state index contributed by atoms with van der Waals surface area (Å²) in [4.78, 5) is 3.42. The Kier molecular flexibility index (Phi) is 4.78. The highest BCUT2D eigenvalue weighted by Crippen LogP contribution is 2.21. The zero-order valence-electron chi connectivity index (χ0n) is 9.77. The predicted octanol–water partition coefficient (Wildman–Crippen LogP) is 4.40. The molecule has 1 unspecified atom stereocenters. The summed E-state index contributed by atoms with van der Waals surface area (Å²) in [5.74, 6) is 0.695. The fourth-order valence-corrected chi connectivity index (χ4v) is 1.85. The van der Waals surface area contributed by atoms with Crippen LogP contribution in [0.4, 0.5) is 0 Å². The Morgan fingerprint density at radius 2 is 2.00 bits per heavy atom. The molecule has 1 atom stereocenters. The second kappa shape index (κ2) is 5.90. The molecule has 1 N–H and O–H groups in total. The maximum Gasteiger partial charge on any atom is 0.0177 e. The summed E-state index contributed by atoms with van der Waals surface area (Å²) >= 11 is 0. The summed E-state index contributed by atoms with van der Waals surface area (Å²) in [6, 6.07) is 4.39. The first-order valence-corrected chi connectivity index (χ1v) is 5.89. The van der Waals surface area contributed by atoms with Gasteiger partial charge in [-0.15, -0.1) is 0 Å². The monoisotopic (exact) mass is 193 g/mol. The first-order valence-electron chi connectivity index (χ1n) is 5.89. The van der Waals surface area contributed by atoms with Crippen LogP contribution in [0.2, 0.25) is 0 Å². The Morgan fingerprint density at radius 3 is 2.57 bits per heavy atom. The number of aromatic nitrogens is 1. The molecule has 0 aromatic carbocycles. The zero-order valence-corrected chi connectivity index (χ0v) is 9.77. The van der Waals surface area contributed by atoms with Crippen molar-refractivity contribution in [2.45, 2.75) is 58.8 Å². The van der Waals surface area contributed by atoms with Crippen molar-refractivity contribution in [3.05, 3.63) is 23.5 Å². The minimum Gasteiger partial charge on any atom is -0.362 e. The van der Waals surface area contributed by atoms with E-state index in [1.165, 1.54) is 43.5 Å². The van der Waals surface area contributed by atoms with E-state index in [4.69, 9.17) is 0 Å². The molecule has 1 nitrogen and oxygen atoms in total. The van der Waals surface area contributed by atoms with Crippen LogP contribution in [0.5, 0.6) is 0 Å². The molecule has 0 saturated heterocycles. The van der Waals surface area contributed by atoms with E-state index in [1.807, 2.05) is 0 Å². The lowest BCUT2D eigenvalue weighted by Gasteiger charge is -2.08. The molecule has 14 heavy (non-hydrogen) atoms. The van der Waals surface area contributed by atoms with Crippen molar-refractivity contribution >= 4 is 0 Å². The van der Waals surface area contributed by atoms with E-state index >= 15 is 0 Å². The summed E-state index contributed by atoms with van der Waals surface area (Å²) in [5.41, 5.74) is 2.68. The van der Waals surface area contributed by atoms with Crippen LogP contribution in [0.15, 0.2) is 12.1 Å². The molecule has 0 aliphatic rings. The average molecular weight is 193 g/mol. The van der Waals surface area contributed by atoms with Crippen LogP contribution in [0.3, 0.4) is 0 Å². The molecule has 1 aromatic rings. The van der Waals surface area contributed by atoms with Crippen molar-refractivity contribution in [3.8, 4) is 0 Å². The van der Waals surface area contributed by atoms with E-state index in [0.717, 1.165) is 0 Å². The Morgan fingerprint density at radius 1 is 1.21 bits per heavy atom. The van der Waals surface area contributed by atoms with Gasteiger partial charge in [0.2, 0.25) is 0 Å². The summed E-state index contributed by atoms with van der Waals surface area (Å²) < 4.78 is 0. The third-order valence-electron chi connectivity index (χ3n) is 2.88. The maximum atomic E-state index is 3.42.